The molecule has 2 aromatic heterocycles. The van der Waals surface area contributed by atoms with Gasteiger partial charge < -0.3 is 9.72 Å². The van der Waals surface area contributed by atoms with E-state index in [-0.39, 0.29) is 29.0 Å². The summed E-state index contributed by atoms with van der Waals surface area (Å²) in [5.74, 6) is 0.636. The summed E-state index contributed by atoms with van der Waals surface area (Å²) in [6, 6.07) is 17.9. The minimum Gasteiger partial charge on any atom is -0.497 e. The van der Waals surface area contributed by atoms with E-state index in [4.69, 9.17) is 4.74 Å². The Labute approximate surface area is 203 Å². The molecule has 2 heterocycles. The van der Waals surface area contributed by atoms with Crippen LogP contribution in [0, 0.1) is 0 Å². The standard InChI is InChI=1S/C26H28N2O4S2/c1-26(2,3)20-8-11-23(12-9-20)34(30,31)28(17-22-6-5-13-33-22)16-19-14-18-7-10-21(32-4)15-24(18)27-25(19)29/h5-15H,16-17H2,1-4H3,(H,27,29). The second kappa shape index (κ2) is 9.37. The zero-order valence-corrected chi connectivity index (χ0v) is 21.3. The minimum atomic E-state index is -3.85. The molecule has 2 aromatic carbocycles. The highest BCUT2D eigenvalue weighted by Gasteiger charge is 2.27. The van der Waals surface area contributed by atoms with Crippen LogP contribution in [0.4, 0.5) is 0 Å². The molecule has 0 atom stereocenters. The average molecular weight is 497 g/mol. The van der Waals surface area contributed by atoms with Crippen LogP contribution in [0.1, 0.15) is 36.8 Å². The number of H-pyrrole nitrogens is 1. The van der Waals surface area contributed by atoms with E-state index in [0.717, 1.165) is 15.8 Å². The Balaban J connectivity index is 1.73. The summed E-state index contributed by atoms with van der Waals surface area (Å²) in [5, 5.41) is 2.72. The van der Waals surface area contributed by atoms with Gasteiger partial charge in [-0.05, 0) is 58.1 Å². The molecule has 0 aliphatic carbocycles. The summed E-state index contributed by atoms with van der Waals surface area (Å²) >= 11 is 1.48. The van der Waals surface area contributed by atoms with E-state index in [9.17, 15) is 13.2 Å². The second-order valence-electron chi connectivity index (χ2n) is 9.20. The van der Waals surface area contributed by atoms with Gasteiger partial charge in [-0.3, -0.25) is 4.79 Å². The van der Waals surface area contributed by atoms with Gasteiger partial charge in [0, 0.05) is 29.6 Å². The van der Waals surface area contributed by atoms with Crippen LogP contribution >= 0.6 is 11.3 Å². The molecule has 8 heteroatoms. The molecule has 0 saturated carbocycles. The number of thiophene rings is 1. The van der Waals surface area contributed by atoms with E-state index < -0.39 is 10.0 Å². The zero-order chi connectivity index (χ0) is 24.5. The molecule has 178 valence electrons. The van der Waals surface area contributed by atoms with Gasteiger partial charge in [0.15, 0.2) is 0 Å². The third-order valence-electron chi connectivity index (χ3n) is 5.75. The van der Waals surface area contributed by atoms with Crippen LogP contribution in [-0.2, 0) is 28.5 Å². The predicted octanol–water partition coefficient (Wildman–Crippen LogP) is 5.29. The molecule has 0 radical (unpaired) electrons. The molecule has 0 unspecified atom stereocenters. The molecule has 0 fully saturated rings. The van der Waals surface area contributed by atoms with Crippen molar-refractivity contribution in [3.8, 4) is 5.75 Å². The molecular weight excluding hydrogens is 468 g/mol. The van der Waals surface area contributed by atoms with Gasteiger partial charge in [-0.15, -0.1) is 11.3 Å². The molecular formula is C26H28N2O4S2. The van der Waals surface area contributed by atoms with Crippen molar-refractivity contribution in [2.75, 3.05) is 7.11 Å². The van der Waals surface area contributed by atoms with Gasteiger partial charge in [0.25, 0.3) is 5.56 Å². The first-order chi connectivity index (χ1) is 16.1. The third-order valence-corrected chi connectivity index (χ3v) is 8.41. The zero-order valence-electron chi connectivity index (χ0n) is 19.7. The number of benzene rings is 2. The summed E-state index contributed by atoms with van der Waals surface area (Å²) in [4.78, 5) is 16.8. The molecule has 0 bridgehead atoms. The van der Waals surface area contributed by atoms with Gasteiger partial charge in [0.2, 0.25) is 10.0 Å². The molecule has 0 spiro atoms. The molecule has 4 rings (SSSR count). The fourth-order valence-electron chi connectivity index (χ4n) is 3.74. The number of ether oxygens (including phenoxy) is 1. The molecule has 0 saturated heterocycles. The molecule has 6 nitrogen and oxygen atoms in total. The topological polar surface area (TPSA) is 79.5 Å². The van der Waals surface area contributed by atoms with Crippen LogP contribution in [0.2, 0.25) is 0 Å². The van der Waals surface area contributed by atoms with Crippen molar-refractivity contribution in [3.05, 3.63) is 92.4 Å². The van der Waals surface area contributed by atoms with Crippen molar-refractivity contribution in [3.63, 3.8) is 0 Å². The van der Waals surface area contributed by atoms with Crippen molar-refractivity contribution in [2.24, 2.45) is 0 Å². The number of aromatic amines is 1. The molecule has 4 aromatic rings. The first-order valence-electron chi connectivity index (χ1n) is 10.9. The van der Waals surface area contributed by atoms with Gasteiger partial charge >= 0.3 is 0 Å². The Hall–Kier alpha value is -2.94. The summed E-state index contributed by atoms with van der Waals surface area (Å²) in [6.07, 6.45) is 0. The quantitative estimate of drug-likeness (QED) is 0.377. The van der Waals surface area contributed by atoms with Crippen molar-refractivity contribution in [2.45, 2.75) is 44.2 Å². The normalized spacial score (nSPS) is 12.4. The van der Waals surface area contributed by atoms with Crippen LogP contribution in [-0.4, -0.2) is 24.8 Å². The van der Waals surface area contributed by atoms with E-state index in [1.165, 1.54) is 15.6 Å². The SMILES string of the molecule is COc1ccc2cc(CN(Cc3cccs3)S(=O)(=O)c3ccc(C(C)(C)C)cc3)c(=O)[nH]c2c1. The number of sulfonamides is 1. The lowest BCUT2D eigenvalue weighted by atomic mass is 9.87. The number of hydrogen-bond donors (Lipinski definition) is 1. The Morgan fingerprint density at radius 1 is 1.00 bits per heavy atom. The lowest BCUT2D eigenvalue weighted by molar-refractivity contribution is 0.402. The van der Waals surface area contributed by atoms with Crippen LogP contribution in [0.25, 0.3) is 10.9 Å². The Kier molecular flexibility index (Phi) is 6.66. The summed E-state index contributed by atoms with van der Waals surface area (Å²) in [5.41, 5.74) is 1.66. The molecule has 1 N–H and O–H groups in total. The van der Waals surface area contributed by atoms with Crippen LogP contribution in [0.15, 0.2) is 75.7 Å². The smallest absolute Gasteiger partial charge is 0.252 e. The fraction of sp³-hybridized carbons (Fsp3) is 0.269. The highest BCUT2D eigenvalue weighted by Crippen LogP contribution is 2.27. The maximum absolute atomic E-state index is 13.7. The number of nitrogens with zero attached hydrogens (tertiary/aromatic N) is 1. The number of aromatic nitrogens is 1. The number of fused-ring (bicyclic) bond motifs is 1. The van der Waals surface area contributed by atoms with Crippen LogP contribution in [0.5, 0.6) is 5.75 Å². The van der Waals surface area contributed by atoms with E-state index in [2.05, 4.69) is 25.8 Å². The number of hydrogen-bond acceptors (Lipinski definition) is 5. The number of nitrogens with one attached hydrogen (secondary N) is 1. The lowest BCUT2D eigenvalue weighted by Crippen LogP contribution is -2.32. The summed E-state index contributed by atoms with van der Waals surface area (Å²) in [7, 11) is -2.29. The first kappa shape index (κ1) is 24.2. The van der Waals surface area contributed by atoms with Crippen molar-refractivity contribution in [1.29, 1.82) is 0 Å². The van der Waals surface area contributed by atoms with Gasteiger partial charge in [-0.2, -0.15) is 4.31 Å². The van der Waals surface area contributed by atoms with Crippen molar-refractivity contribution < 1.29 is 13.2 Å². The van der Waals surface area contributed by atoms with E-state index >= 15 is 0 Å². The highest BCUT2D eigenvalue weighted by atomic mass is 32.2. The first-order valence-corrected chi connectivity index (χ1v) is 13.2. The lowest BCUT2D eigenvalue weighted by Gasteiger charge is -2.23. The summed E-state index contributed by atoms with van der Waals surface area (Å²) in [6.45, 7) is 6.39. The van der Waals surface area contributed by atoms with Gasteiger partial charge in [-0.1, -0.05) is 39.0 Å². The maximum atomic E-state index is 13.7. The molecule has 34 heavy (non-hydrogen) atoms. The van der Waals surface area contributed by atoms with E-state index in [0.29, 0.717) is 16.8 Å². The Morgan fingerprint density at radius 2 is 1.74 bits per heavy atom. The van der Waals surface area contributed by atoms with E-state index in [1.807, 2.05) is 35.7 Å². The Morgan fingerprint density at radius 3 is 2.35 bits per heavy atom. The van der Waals surface area contributed by atoms with E-state index in [1.54, 1.807) is 37.4 Å². The molecule has 0 aliphatic heterocycles. The average Bonchev–Trinajstić information content (AvgIpc) is 3.31. The van der Waals surface area contributed by atoms with Gasteiger partial charge in [0.05, 0.1) is 17.5 Å². The summed E-state index contributed by atoms with van der Waals surface area (Å²) < 4.78 is 34.0. The molecule has 0 aliphatic rings. The monoisotopic (exact) mass is 496 g/mol. The molecule has 0 amide bonds. The van der Waals surface area contributed by atoms with Gasteiger partial charge in [0.1, 0.15) is 5.75 Å². The van der Waals surface area contributed by atoms with Crippen LogP contribution < -0.4 is 10.3 Å². The van der Waals surface area contributed by atoms with Crippen molar-refractivity contribution >= 4 is 32.3 Å². The van der Waals surface area contributed by atoms with Crippen molar-refractivity contribution in [1.82, 2.24) is 9.29 Å². The number of rotatable bonds is 7. The second-order valence-corrected chi connectivity index (χ2v) is 12.2. The number of pyridine rings is 1. The predicted molar refractivity (Wildman–Crippen MR) is 137 cm³/mol. The Bertz CT molecular complexity index is 1450. The third kappa shape index (κ3) is 5.09. The van der Waals surface area contributed by atoms with Crippen LogP contribution in [0.3, 0.4) is 0 Å². The number of methoxy groups -OCH3 is 1. The van der Waals surface area contributed by atoms with Gasteiger partial charge in [-0.25, -0.2) is 8.42 Å². The fourth-order valence-corrected chi connectivity index (χ4v) is 5.94. The minimum absolute atomic E-state index is 0.0431. The highest BCUT2D eigenvalue weighted by molar-refractivity contribution is 7.89. The maximum Gasteiger partial charge on any atom is 0.252 e. The largest absolute Gasteiger partial charge is 0.497 e.